The first-order valence-electron chi connectivity index (χ1n) is 6.61. The summed E-state index contributed by atoms with van der Waals surface area (Å²) < 4.78 is 0. The van der Waals surface area contributed by atoms with E-state index in [1.807, 2.05) is 0 Å². The number of aliphatic hydroxyl groups excluding tert-OH is 7. The molecule has 1 aliphatic rings. The Balaban J connectivity index is 2.59. The molecule has 0 bridgehead atoms. The SMILES string of the molecule is [O-][C@@H]([C@H](O)[C@H](O)CO)[C@@H](O)C[C@H]1C[C@H](O)[C@@H](O)[C@@H]1CO. The average Bonchev–Trinajstić information content (AvgIpc) is 2.70. The van der Waals surface area contributed by atoms with Gasteiger partial charge in [0.25, 0.3) is 0 Å². The third-order valence-corrected chi connectivity index (χ3v) is 4.03. The number of hydrogen-bond donors (Lipinski definition) is 7. The molecule has 0 aromatic heterocycles. The molecular formula is C12H23O8-. The minimum Gasteiger partial charge on any atom is -0.848 e. The average molecular weight is 295 g/mol. The van der Waals surface area contributed by atoms with Gasteiger partial charge in [0, 0.05) is 18.6 Å². The molecule has 20 heavy (non-hydrogen) atoms. The van der Waals surface area contributed by atoms with Crippen LogP contribution in [0.4, 0.5) is 0 Å². The van der Waals surface area contributed by atoms with Crippen LogP contribution in [0.5, 0.6) is 0 Å². The molecule has 1 saturated carbocycles. The summed E-state index contributed by atoms with van der Waals surface area (Å²) >= 11 is 0. The molecule has 120 valence electrons. The second-order valence-electron chi connectivity index (χ2n) is 5.41. The van der Waals surface area contributed by atoms with Crippen molar-refractivity contribution < 1.29 is 40.9 Å². The lowest BCUT2D eigenvalue weighted by molar-refractivity contribution is -0.460. The Morgan fingerprint density at radius 1 is 1.05 bits per heavy atom. The van der Waals surface area contributed by atoms with E-state index in [0.29, 0.717) is 0 Å². The predicted octanol–water partition coefficient (Wildman–Crippen LogP) is -4.47. The Bertz CT molecular complexity index is 289. The van der Waals surface area contributed by atoms with Gasteiger partial charge in [0.1, 0.15) is 6.10 Å². The van der Waals surface area contributed by atoms with E-state index in [2.05, 4.69) is 0 Å². The van der Waals surface area contributed by atoms with Gasteiger partial charge in [0.05, 0.1) is 24.9 Å². The maximum atomic E-state index is 11.7. The number of hydrogen-bond acceptors (Lipinski definition) is 8. The lowest BCUT2D eigenvalue weighted by atomic mass is 9.87. The molecule has 7 N–H and O–H groups in total. The highest BCUT2D eigenvalue weighted by molar-refractivity contribution is 4.93. The summed E-state index contributed by atoms with van der Waals surface area (Å²) in [5.74, 6) is -1.11. The predicted molar refractivity (Wildman–Crippen MR) is 64.2 cm³/mol. The van der Waals surface area contributed by atoms with E-state index < -0.39 is 55.1 Å². The molecule has 0 amide bonds. The van der Waals surface area contributed by atoms with E-state index in [1.54, 1.807) is 0 Å². The van der Waals surface area contributed by atoms with Gasteiger partial charge in [-0.05, 0) is 18.8 Å². The highest BCUT2D eigenvalue weighted by Crippen LogP contribution is 2.35. The lowest BCUT2D eigenvalue weighted by Crippen LogP contribution is -2.54. The fourth-order valence-corrected chi connectivity index (χ4v) is 2.72. The molecule has 0 radical (unpaired) electrons. The van der Waals surface area contributed by atoms with Crippen molar-refractivity contribution in [3.05, 3.63) is 0 Å². The summed E-state index contributed by atoms with van der Waals surface area (Å²) in [6, 6.07) is 0. The Labute approximate surface area is 116 Å². The number of aliphatic hydroxyl groups is 7. The summed E-state index contributed by atoms with van der Waals surface area (Å²) in [5, 5.41) is 77.0. The van der Waals surface area contributed by atoms with Crippen molar-refractivity contribution in [2.24, 2.45) is 11.8 Å². The van der Waals surface area contributed by atoms with Crippen LogP contribution in [-0.2, 0) is 0 Å². The summed E-state index contributed by atoms with van der Waals surface area (Å²) in [6.07, 6.45) is -9.04. The van der Waals surface area contributed by atoms with Crippen LogP contribution in [0.25, 0.3) is 0 Å². The van der Waals surface area contributed by atoms with E-state index in [4.69, 9.17) is 15.3 Å². The van der Waals surface area contributed by atoms with Gasteiger partial charge >= 0.3 is 0 Å². The topological polar surface area (TPSA) is 165 Å². The first kappa shape index (κ1) is 17.7. The van der Waals surface area contributed by atoms with Crippen molar-refractivity contribution in [1.29, 1.82) is 0 Å². The van der Waals surface area contributed by atoms with Crippen LogP contribution in [0.15, 0.2) is 0 Å². The highest BCUT2D eigenvalue weighted by Gasteiger charge is 2.42. The molecule has 8 nitrogen and oxygen atoms in total. The van der Waals surface area contributed by atoms with Crippen LogP contribution >= 0.6 is 0 Å². The van der Waals surface area contributed by atoms with Gasteiger partial charge in [-0.15, -0.1) is 0 Å². The normalized spacial score (nSPS) is 36.6. The van der Waals surface area contributed by atoms with Gasteiger partial charge in [-0.3, -0.25) is 0 Å². The molecule has 1 rings (SSSR count). The van der Waals surface area contributed by atoms with E-state index in [1.165, 1.54) is 0 Å². The highest BCUT2D eigenvalue weighted by atomic mass is 16.4. The van der Waals surface area contributed by atoms with Crippen LogP contribution in [0.2, 0.25) is 0 Å². The fourth-order valence-electron chi connectivity index (χ4n) is 2.72. The van der Waals surface area contributed by atoms with Gasteiger partial charge in [0.2, 0.25) is 0 Å². The molecule has 0 spiro atoms. The third-order valence-electron chi connectivity index (χ3n) is 4.03. The van der Waals surface area contributed by atoms with Gasteiger partial charge in [-0.25, -0.2) is 0 Å². The van der Waals surface area contributed by atoms with Crippen molar-refractivity contribution in [3.63, 3.8) is 0 Å². The first-order valence-corrected chi connectivity index (χ1v) is 6.61. The lowest BCUT2D eigenvalue weighted by Gasteiger charge is -2.36. The fraction of sp³-hybridized carbons (Fsp3) is 1.00. The molecule has 0 heterocycles. The van der Waals surface area contributed by atoms with Gasteiger partial charge in [-0.1, -0.05) is 6.10 Å². The summed E-state index contributed by atoms with van der Waals surface area (Å²) in [5.41, 5.74) is 0. The molecule has 8 heteroatoms. The minimum atomic E-state index is -1.92. The first-order chi connectivity index (χ1) is 9.33. The summed E-state index contributed by atoms with van der Waals surface area (Å²) in [6.45, 7) is -1.19. The second-order valence-corrected chi connectivity index (χ2v) is 5.41. The molecule has 8 atom stereocenters. The smallest absolute Gasteiger partial charge is 0.102 e. The second kappa shape index (κ2) is 7.62. The van der Waals surface area contributed by atoms with Crippen LogP contribution < -0.4 is 5.11 Å². The van der Waals surface area contributed by atoms with E-state index in [-0.39, 0.29) is 19.4 Å². The Kier molecular flexibility index (Phi) is 6.76. The Morgan fingerprint density at radius 3 is 2.15 bits per heavy atom. The van der Waals surface area contributed by atoms with E-state index in [9.17, 15) is 25.5 Å². The zero-order valence-corrected chi connectivity index (χ0v) is 11.0. The van der Waals surface area contributed by atoms with Gasteiger partial charge in [-0.2, -0.15) is 0 Å². The third kappa shape index (κ3) is 3.86. The standard InChI is InChI=1S/C12H23O8/c13-3-6-5(1-7(15)10(6)18)2-8(16)11(19)12(20)9(17)4-14/h5-18,20H,1-4H2/q-1/t5-,6-,7+,8+,9-,10+,11-,12-/m1/s1. The van der Waals surface area contributed by atoms with Crippen molar-refractivity contribution in [1.82, 2.24) is 0 Å². The zero-order valence-electron chi connectivity index (χ0n) is 11.0. The molecule has 1 aliphatic carbocycles. The molecule has 0 saturated heterocycles. The quantitative estimate of drug-likeness (QED) is 0.247. The summed E-state index contributed by atoms with van der Waals surface area (Å²) in [7, 11) is 0. The molecule has 0 aromatic rings. The molecule has 0 aliphatic heterocycles. The Morgan fingerprint density at radius 2 is 1.65 bits per heavy atom. The maximum Gasteiger partial charge on any atom is 0.102 e. The summed E-state index contributed by atoms with van der Waals surface area (Å²) in [4.78, 5) is 0. The van der Waals surface area contributed by atoms with Crippen LogP contribution in [0, 0.1) is 11.8 Å². The number of rotatable bonds is 7. The van der Waals surface area contributed by atoms with Gasteiger partial charge in [0.15, 0.2) is 0 Å². The molecule has 0 aromatic carbocycles. The van der Waals surface area contributed by atoms with Gasteiger partial charge < -0.3 is 40.9 Å². The molecular weight excluding hydrogens is 272 g/mol. The van der Waals surface area contributed by atoms with Crippen molar-refractivity contribution in [2.45, 2.75) is 49.5 Å². The Hall–Kier alpha value is -0.320. The molecule has 0 unspecified atom stereocenters. The minimum absolute atomic E-state index is 0.122. The van der Waals surface area contributed by atoms with Crippen molar-refractivity contribution in [3.8, 4) is 0 Å². The van der Waals surface area contributed by atoms with Crippen molar-refractivity contribution in [2.75, 3.05) is 13.2 Å². The van der Waals surface area contributed by atoms with Crippen LogP contribution in [0.3, 0.4) is 0 Å². The monoisotopic (exact) mass is 295 g/mol. The van der Waals surface area contributed by atoms with Crippen LogP contribution in [-0.4, -0.2) is 85.6 Å². The molecule has 1 fully saturated rings. The zero-order chi connectivity index (χ0) is 15.4. The van der Waals surface area contributed by atoms with Crippen molar-refractivity contribution >= 4 is 0 Å². The van der Waals surface area contributed by atoms with Crippen LogP contribution in [0.1, 0.15) is 12.8 Å². The maximum absolute atomic E-state index is 11.7. The van der Waals surface area contributed by atoms with E-state index >= 15 is 0 Å². The largest absolute Gasteiger partial charge is 0.848 e. The van der Waals surface area contributed by atoms with E-state index in [0.717, 1.165) is 0 Å².